The van der Waals surface area contributed by atoms with Gasteiger partial charge in [-0.15, -0.1) is 0 Å². The Hall–Kier alpha value is -1.55. The highest BCUT2D eigenvalue weighted by atomic mass is 35.5. The van der Waals surface area contributed by atoms with E-state index in [-0.39, 0.29) is 6.04 Å². The molecule has 0 saturated carbocycles. The van der Waals surface area contributed by atoms with Crippen LogP contribution in [-0.2, 0) is 0 Å². The van der Waals surface area contributed by atoms with E-state index >= 15 is 0 Å². The first kappa shape index (κ1) is 16.3. The Balaban J connectivity index is 2.06. The zero-order valence-corrected chi connectivity index (χ0v) is 14.4. The third-order valence-electron chi connectivity index (χ3n) is 4.49. The summed E-state index contributed by atoms with van der Waals surface area (Å²) in [5.74, 6) is 0.893. The molecule has 0 aliphatic carbocycles. The van der Waals surface area contributed by atoms with E-state index < -0.39 is 0 Å². The molecule has 1 atom stereocenters. The first-order valence-corrected chi connectivity index (χ1v) is 8.42. The lowest BCUT2D eigenvalue weighted by molar-refractivity contribution is 0.198. The summed E-state index contributed by atoms with van der Waals surface area (Å²) in [5, 5.41) is 4.25. The fourth-order valence-electron chi connectivity index (χ4n) is 3.28. The Labute approximate surface area is 143 Å². The van der Waals surface area contributed by atoms with Crippen molar-refractivity contribution in [2.45, 2.75) is 13.0 Å². The number of aryl methyl sites for hydroxylation is 1. The van der Waals surface area contributed by atoms with Crippen molar-refractivity contribution in [2.75, 3.05) is 33.3 Å². The maximum absolute atomic E-state index is 6.53. The molecule has 3 rings (SSSR count). The van der Waals surface area contributed by atoms with Gasteiger partial charge in [-0.3, -0.25) is 4.90 Å². The third kappa shape index (κ3) is 3.52. The summed E-state index contributed by atoms with van der Waals surface area (Å²) in [4.78, 5) is 2.51. The van der Waals surface area contributed by atoms with E-state index in [9.17, 15) is 0 Å². The second kappa shape index (κ2) is 7.35. The monoisotopic (exact) mass is 330 g/mol. The average molecular weight is 331 g/mol. The van der Waals surface area contributed by atoms with Crippen LogP contribution in [0.25, 0.3) is 0 Å². The average Bonchev–Trinajstić information content (AvgIpc) is 2.59. The van der Waals surface area contributed by atoms with E-state index in [1.165, 1.54) is 16.7 Å². The van der Waals surface area contributed by atoms with E-state index in [0.717, 1.165) is 37.0 Å². The Bertz CT molecular complexity index is 668. The van der Waals surface area contributed by atoms with Gasteiger partial charge in [0, 0.05) is 31.2 Å². The smallest absolute Gasteiger partial charge is 0.119 e. The van der Waals surface area contributed by atoms with Crippen LogP contribution in [0.2, 0.25) is 5.02 Å². The van der Waals surface area contributed by atoms with Gasteiger partial charge in [0.15, 0.2) is 0 Å². The van der Waals surface area contributed by atoms with Crippen molar-refractivity contribution in [3.8, 4) is 5.75 Å². The van der Waals surface area contributed by atoms with Gasteiger partial charge in [-0.2, -0.15) is 0 Å². The van der Waals surface area contributed by atoms with Crippen molar-refractivity contribution < 1.29 is 4.74 Å². The molecule has 1 aliphatic heterocycles. The summed E-state index contributed by atoms with van der Waals surface area (Å²) in [6.07, 6.45) is 0. The first-order chi connectivity index (χ1) is 11.2. The van der Waals surface area contributed by atoms with Crippen LogP contribution >= 0.6 is 11.6 Å². The van der Waals surface area contributed by atoms with Crippen molar-refractivity contribution in [3.63, 3.8) is 0 Å². The number of ether oxygens (including phenoxy) is 1. The number of hydrogen-bond donors (Lipinski definition) is 1. The normalized spacial score (nSPS) is 17.0. The summed E-state index contributed by atoms with van der Waals surface area (Å²) in [6.45, 7) is 6.19. The largest absolute Gasteiger partial charge is 0.497 e. The van der Waals surface area contributed by atoms with Crippen molar-refractivity contribution in [1.29, 1.82) is 0 Å². The van der Waals surface area contributed by atoms with Crippen LogP contribution in [0, 0.1) is 6.92 Å². The van der Waals surface area contributed by atoms with E-state index in [2.05, 4.69) is 41.4 Å². The fourth-order valence-corrected chi connectivity index (χ4v) is 3.52. The molecule has 1 heterocycles. The van der Waals surface area contributed by atoms with Crippen molar-refractivity contribution >= 4 is 11.6 Å². The molecule has 1 fully saturated rings. The Morgan fingerprint density at radius 3 is 2.48 bits per heavy atom. The van der Waals surface area contributed by atoms with Crippen molar-refractivity contribution in [1.82, 2.24) is 10.2 Å². The molecule has 1 N–H and O–H groups in total. The van der Waals surface area contributed by atoms with Crippen LogP contribution in [0.1, 0.15) is 22.7 Å². The number of nitrogens with one attached hydrogen (secondary N) is 1. The first-order valence-electron chi connectivity index (χ1n) is 8.04. The number of benzene rings is 2. The highest BCUT2D eigenvalue weighted by molar-refractivity contribution is 6.31. The minimum atomic E-state index is 0.178. The van der Waals surface area contributed by atoms with Gasteiger partial charge in [0.05, 0.1) is 13.2 Å². The molecule has 1 aliphatic rings. The van der Waals surface area contributed by atoms with Gasteiger partial charge in [-0.1, -0.05) is 35.9 Å². The van der Waals surface area contributed by atoms with E-state index in [1.807, 2.05) is 18.2 Å². The molecule has 2 aromatic carbocycles. The molecule has 0 bridgehead atoms. The molecule has 0 aromatic heterocycles. The molecule has 1 saturated heterocycles. The predicted octanol–water partition coefficient (Wildman–Crippen LogP) is 3.65. The van der Waals surface area contributed by atoms with Gasteiger partial charge in [0.25, 0.3) is 0 Å². The summed E-state index contributed by atoms with van der Waals surface area (Å²) >= 11 is 6.53. The molecule has 0 spiro atoms. The molecule has 0 amide bonds. The van der Waals surface area contributed by atoms with Crippen LogP contribution in [0.3, 0.4) is 0 Å². The Morgan fingerprint density at radius 2 is 1.83 bits per heavy atom. The number of rotatable bonds is 4. The second-order valence-corrected chi connectivity index (χ2v) is 6.34. The standard InChI is InChI=1S/C19H23ClN2O/c1-14-13-15(23-2)7-8-16(14)19(22-11-9-21-10-12-22)17-5-3-4-6-18(17)20/h3-8,13,19,21H,9-12H2,1-2H3. The summed E-state index contributed by atoms with van der Waals surface area (Å²) in [5.41, 5.74) is 3.69. The molecule has 0 radical (unpaired) electrons. The molecule has 4 heteroatoms. The minimum absolute atomic E-state index is 0.178. The van der Waals surface area contributed by atoms with E-state index in [0.29, 0.717) is 0 Å². The number of hydrogen-bond acceptors (Lipinski definition) is 3. The number of nitrogens with zero attached hydrogens (tertiary/aromatic N) is 1. The van der Waals surface area contributed by atoms with E-state index in [4.69, 9.17) is 16.3 Å². The molecule has 122 valence electrons. The lowest BCUT2D eigenvalue weighted by atomic mass is 9.93. The topological polar surface area (TPSA) is 24.5 Å². The molecule has 1 unspecified atom stereocenters. The molecule has 2 aromatic rings. The number of methoxy groups -OCH3 is 1. The molecule has 23 heavy (non-hydrogen) atoms. The fraction of sp³-hybridized carbons (Fsp3) is 0.368. The number of piperazine rings is 1. The van der Waals surface area contributed by atoms with Gasteiger partial charge in [-0.25, -0.2) is 0 Å². The van der Waals surface area contributed by atoms with Gasteiger partial charge < -0.3 is 10.1 Å². The lowest BCUT2D eigenvalue weighted by Gasteiger charge is -2.36. The predicted molar refractivity (Wildman–Crippen MR) is 95.5 cm³/mol. The maximum atomic E-state index is 6.53. The SMILES string of the molecule is COc1ccc(C(c2ccccc2Cl)N2CCNCC2)c(C)c1. The van der Waals surface area contributed by atoms with Gasteiger partial charge in [0.1, 0.15) is 5.75 Å². The molecule has 3 nitrogen and oxygen atoms in total. The van der Waals surface area contributed by atoms with Gasteiger partial charge in [-0.05, 0) is 41.8 Å². The second-order valence-electron chi connectivity index (χ2n) is 5.93. The van der Waals surface area contributed by atoms with Crippen LogP contribution in [0.4, 0.5) is 0 Å². The summed E-state index contributed by atoms with van der Waals surface area (Å²) in [6, 6.07) is 14.7. The number of halogens is 1. The van der Waals surface area contributed by atoms with Crippen LogP contribution in [0.5, 0.6) is 5.75 Å². The Kier molecular flexibility index (Phi) is 5.21. The minimum Gasteiger partial charge on any atom is -0.497 e. The molecular formula is C19H23ClN2O. The quantitative estimate of drug-likeness (QED) is 0.926. The van der Waals surface area contributed by atoms with Crippen LogP contribution in [0.15, 0.2) is 42.5 Å². The maximum Gasteiger partial charge on any atom is 0.119 e. The van der Waals surface area contributed by atoms with Gasteiger partial charge in [0.2, 0.25) is 0 Å². The summed E-state index contributed by atoms with van der Waals surface area (Å²) in [7, 11) is 1.70. The van der Waals surface area contributed by atoms with Crippen molar-refractivity contribution in [3.05, 3.63) is 64.2 Å². The third-order valence-corrected chi connectivity index (χ3v) is 4.83. The lowest BCUT2D eigenvalue weighted by Crippen LogP contribution is -2.45. The highest BCUT2D eigenvalue weighted by Gasteiger charge is 2.26. The van der Waals surface area contributed by atoms with Crippen LogP contribution in [-0.4, -0.2) is 38.2 Å². The highest BCUT2D eigenvalue weighted by Crippen LogP contribution is 2.36. The molecular weight excluding hydrogens is 308 g/mol. The zero-order chi connectivity index (χ0) is 16.2. The van der Waals surface area contributed by atoms with Crippen LogP contribution < -0.4 is 10.1 Å². The Morgan fingerprint density at radius 1 is 1.09 bits per heavy atom. The summed E-state index contributed by atoms with van der Waals surface area (Å²) < 4.78 is 5.36. The zero-order valence-electron chi connectivity index (χ0n) is 13.7. The van der Waals surface area contributed by atoms with Crippen molar-refractivity contribution in [2.24, 2.45) is 0 Å². The van der Waals surface area contributed by atoms with E-state index in [1.54, 1.807) is 7.11 Å². The van der Waals surface area contributed by atoms with Gasteiger partial charge >= 0.3 is 0 Å².